The van der Waals surface area contributed by atoms with Gasteiger partial charge in [-0.3, -0.25) is 4.40 Å². The van der Waals surface area contributed by atoms with E-state index in [-0.39, 0.29) is 10.3 Å². The zero-order chi connectivity index (χ0) is 10.3. The van der Waals surface area contributed by atoms with Gasteiger partial charge in [0.25, 0.3) is 0 Å². The molecule has 14 heavy (non-hydrogen) atoms. The van der Waals surface area contributed by atoms with E-state index in [4.69, 9.17) is 5.11 Å². The number of nitrogens with zero attached hydrogens (tertiary/aromatic N) is 2. The maximum absolute atomic E-state index is 13.1. The average Bonchev–Trinajstić information content (AvgIpc) is 2.55. The highest BCUT2D eigenvalue weighted by Crippen LogP contribution is 2.19. The van der Waals surface area contributed by atoms with E-state index in [2.05, 4.69) is 20.9 Å². The number of carbonyl (C=O) groups is 1. The van der Waals surface area contributed by atoms with Gasteiger partial charge in [-0.05, 0) is 28.1 Å². The van der Waals surface area contributed by atoms with E-state index in [1.807, 2.05) is 0 Å². The van der Waals surface area contributed by atoms with Crippen LogP contribution in [0.5, 0.6) is 0 Å². The largest absolute Gasteiger partial charge is 0.477 e. The van der Waals surface area contributed by atoms with E-state index in [0.717, 1.165) is 0 Å². The molecule has 0 aliphatic carbocycles. The first-order chi connectivity index (χ1) is 6.61. The molecule has 6 heteroatoms. The van der Waals surface area contributed by atoms with Crippen LogP contribution in [-0.2, 0) is 0 Å². The van der Waals surface area contributed by atoms with Gasteiger partial charge in [0.05, 0.1) is 6.20 Å². The Morgan fingerprint density at radius 2 is 2.29 bits per heavy atom. The van der Waals surface area contributed by atoms with Crippen molar-refractivity contribution in [3.8, 4) is 0 Å². The molecule has 2 aromatic heterocycles. The minimum absolute atomic E-state index is 0.0601. The zero-order valence-electron chi connectivity index (χ0n) is 6.74. The number of imidazole rings is 1. The second kappa shape index (κ2) is 3.06. The van der Waals surface area contributed by atoms with E-state index in [1.165, 1.54) is 22.7 Å². The lowest BCUT2D eigenvalue weighted by molar-refractivity contribution is 0.0689. The number of aromatic carboxylic acids is 1. The Balaban J connectivity index is 2.89. The fourth-order valence-corrected chi connectivity index (χ4v) is 1.67. The number of rotatable bonds is 1. The molecule has 0 spiro atoms. The standard InChI is InChI=1S/C8H4BrFN2O2/c9-7-4(10)1-2-6-11-3-5(8(13)14)12(6)7/h1-3H,(H,13,14). The third-order valence-corrected chi connectivity index (χ3v) is 2.51. The number of hydrogen-bond donors (Lipinski definition) is 1. The van der Waals surface area contributed by atoms with E-state index in [0.29, 0.717) is 5.65 Å². The van der Waals surface area contributed by atoms with Crippen LogP contribution in [0.4, 0.5) is 4.39 Å². The lowest BCUT2D eigenvalue weighted by Crippen LogP contribution is -2.03. The van der Waals surface area contributed by atoms with Gasteiger partial charge in [0, 0.05) is 0 Å². The summed E-state index contributed by atoms with van der Waals surface area (Å²) in [6.45, 7) is 0. The van der Waals surface area contributed by atoms with Crippen molar-refractivity contribution in [2.45, 2.75) is 0 Å². The molecule has 0 saturated carbocycles. The number of aromatic nitrogens is 2. The molecule has 0 aromatic carbocycles. The molecule has 0 radical (unpaired) electrons. The SMILES string of the molecule is O=C(O)c1cnc2ccc(F)c(Br)n12. The van der Waals surface area contributed by atoms with Crippen molar-refractivity contribution in [2.24, 2.45) is 0 Å². The molecule has 4 nitrogen and oxygen atoms in total. The number of pyridine rings is 1. The lowest BCUT2D eigenvalue weighted by atomic mass is 10.4. The molecule has 72 valence electrons. The molecule has 2 aromatic rings. The number of fused-ring (bicyclic) bond motifs is 1. The van der Waals surface area contributed by atoms with Crippen molar-refractivity contribution in [2.75, 3.05) is 0 Å². The van der Waals surface area contributed by atoms with Crippen molar-refractivity contribution in [3.63, 3.8) is 0 Å². The van der Waals surface area contributed by atoms with Crippen molar-refractivity contribution in [1.29, 1.82) is 0 Å². The number of halogens is 2. The second-order valence-corrected chi connectivity index (χ2v) is 3.37. The molecule has 0 aliphatic heterocycles. The Morgan fingerprint density at radius 3 is 2.93 bits per heavy atom. The first kappa shape index (κ1) is 9.14. The predicted molar refractivity (Wildman–Crippen MR) is 49.8 cm³/mol. The molecule has 0 amide bonds. The van der Waals surface area contributed by atoms with E-state index in [9.17, 15) is 9.18 Å². The molecule has 0 unspecified atom stereocenters. The van der Waals surface area contributed by atoms with Crippen LogP contribution in [-0.4, -0.2) is 20.5 Å². The van der Waals surface area contributed by atoms with Gasteiger partial charge in [0.15, 0.2) is 11.5 Å². The third-order valence-electron chi connectivity index (χ3n) is 1.78. The number of hydrogen-bond acceptors (Lipinski definition) is 2. The lowest BCUT2D eigenvalue weighted by Gasteiger charge is -2.00. The van der Waals surface area contributed by atoms with Gasteiger partial charge in [-0.1, -0.05) is 0 Å². The van der Waals surface area contributed by atoms with Gasteiger partial charge in [-0.2, -0.15) is 0 Å². The maximum atomic E-state index is 13.1. The van der Waals surface area contributed by atoms with Gasteiger partial charge in [0.2, 0.25) is 0 Å². The van der Waals surface area contributed by atoms with Crippen LogP contribution in [0, 0.1) is 5.82 Å². The highest BCUT2D eigenvalue weighted by Gasteiger charge is 2.14. The van der Waals surface area contributed by atoms with Crippen LogP contribution < -0.4 is 0 Å². The molecule has 0 bridgehead atoms. The summed E-state index contributed by atoms with van der Waals surface area (Å²) in [5, 5.41) is 8.78. The number of carboxylic acids is 1. The number of carboxylic acid groups (broad SMARTS) is 1. The Morgan fingerprint density at radius 1 is 1.57 bits per heavy atom. The highest BCUT2D eigenvalue weighted by atomic mass is 79.9. The quantitative estimate of drug-likeness (QED) is 0.796. The minimum atomic E-state index is -1.15. The Labute approximate surface area is 86.1 Å². The van der Waals surface area contributed by atoms with Crippen molar-refractivity contribution in [1.82, 2.24) is 9.38 Å². The summed E-state index contributed by atoms with van der Waals surface area (Å²) >= 11 is 2.96. The van der Waals surface area contributed by atoms with E-state index < -0.39 is 11.8 Å². The van der Waals surface area contributed by atoms with Crippen molar-refractivity contribution in [3.05, 3.63) is 34.4 Å². The molecular formula is C8H4BrFN2O2. The normalized spacial score (nSPS) is 10.7. The summed E-state index contributed by atoms with van der Waals surface area (Å²) in [7, 11) is 0. The summed E-state index contributed by atoms with van der Waals surface area (Å²) in [4.78, 5) is 14.6. The van der Waals surface area contributed by atoms with E-state index >= 15 is 0 Å². The van der Waals surface area contributed by atoms with Gasteiger partial charge in [0.1, 0.15) is 10.3 Å². The van der Waals surface area contributed by atoms with Crippen molar-refractivity contribution < 1.29 is 14.3 Å². The van der Waals surface area contributed by atoms with Crippen LogP contribution in [0.1, 0.15) is 10.5 Å². The maximum Gasteiger partial charge on any atom is 0.354 e. The molecule has 0 aliphatic rings. The Hall–Kier alpha value is -1.43. The topological polar surface area (TPSA) is 54.6 Å². The van der Waals surface area contributed by atoms with Gasteiger partial charge < -0.3 is 5.11 Å². The molecular weight excluding hydrogens is 255 g/mol. The Bertz CT molecular complexity index is 523. The predicted octanol–water partition coefficient (Wildman–Crippen LogP) is 1.93. The van der Waals surface area contributed by atoms with Crippen molar-refractivity contribution >= 4 is 27.5 Å². The first-order valence-electron chi connectivity index (χ1n) is 3.66. The Kier molecular flexibility index (Phi) is 1.99. The molecule has 1 N–H and O–H groups in total. The third kappa shape index (κ3) is 1.19. The molecule has 2 rings (SSSR count). The van der Waals surface area contributed by atoms with E-state index in [1.54, 1.807) is 0 Å². The molecule has 0 saturated heterocycles. The van der Waals surface area contributed by atoms with Crippen LogP contribution in [0.2, 0.25) is 0 Å². The summed E-state index contributed by atoms with van der Waals surface area (Å²) in [5.41, 5.74) is 0.307. The molecule has 0 fully saturated rings. The summed E-state index contributed by atoms with van der Waals surface area (Å²) in [5.74, 6) is -1.68. The van der Waals surface area contributed by atoms with Crippen LogP contribution in [0.15, 0.2) is 22.9 Å². The summed E-state index contributed by atoms with van der Waals surface area (Å²) in [6, 6.07) is 2.63. The highest BCUT2D eigenvalue weighted by molar-refractivity contribution is 9.10. The first-order valence-corrected chi connectivity index (χ1v) is 4.45. The fraction of sp³-hybridized carbons (Fsp3) is 0. The van der Waals surface area contributed by atoms with Gasteiger partial charge in [-0.15, -0.1) is 0 Å². The minimum Gasteiger partial charge on any atom is -0.477 e. The van der Waals surface area contributed by atoms with Crippen LogP contribution in [0.25, 0.3) is 5.65 Å². The monoisotopic (exact) mass is 258 g/mol. The van der Waals surface area contributed by atoms with Crippen LogP contribution >= 0.6 is 15.9 Å². The molecule has 2 heterocycles. The average molecular weight is 259 g/mol. The molecule has 0 atom stereocenters. The van der Waals surface area contributed by atoms with Gasteiger partial charge in [-0.25, -0.2) is 14.2 Å². The summed E-state index contributed by atoms with van der Waals surface area (Å²) in [6.07, 6.45) is 1.18. The zero-order valence-corrected chi connectivity index (χ0v) is 8.32. The summed E-state index contributed by atoms with van der Waals surface area (Å²) < 4.78 is 14.3. The second-order valence-electron chi connectivity index (χ2n) is 2.61. The van der Waals surface area contributed by atoms with Gasteiger partial charge >= 0.3 is 5.97 Å². The van der Waals surface area contributed by atoms with Crippen LogP contribution in [0.3, 0.4) is 0 Å². The fourth-order valence-electron chi connectivity index (χ4n) is 1.16. The smallest absolute Gasteiger partial charge is 0.354 e.